The van der Waals surface area contributed by atoms with Crippen LogP contribution in [0.5, 0.6) is 0 Å². The number of nitrogens with one attached hydrogen (secondary N) is 1. The van der Waals surface area contributed by atoms with Gasteiger partial charge in [-0.2, -0.15) is 0 Å². The summed E-state index contributed by atoms with van der Waals surface area (Å²) in [5.41, 5.74) is 10.4. The van der Waals surface area contributed by atoms with Gasteiger partial charge in [0.05, 0.1) is 6.42 Å². The molecule has 0 saturated carbocycles. The zero-order valence-electron chi connectivity index (χ0n) is 18.4. The maximum Gasteiger partial charge on any atom is 0.321 e. The van der Waals surface area contributed by atoms with Crippen LogP contribution in [0.4, 0.5) is 0 Å². The molecule has 1 atom stereocenters. The lowest BCUT2D eigenvalue weighted by Gasteiger charge is -2.32. The zero-order valence-corrected chi connectivity index (χ0v) is 18.4. The highest BCUT2D eigenvalue weighted by atomic mass is 16.4. The van der Waals surface area contributed by atoms with Crippen LogP contribution in [0.25, 0.3) is 0 Å². The van der Waals surface area contributed by atoms with Crippen molar-refractivity contribution in [3.63, 3.8) is 0 Å². The number of allylic oxidation sites excluding steroid dienone is 9. The van der Waals surface area contributed by atoms with Crippen molar-refractivity contribution in [2.24, 2.45) is 11.1 Å². The van der Waals surface area contributed by atoms with E-state index in [9.17, 15) is 9.59 Å². The maximum atomic E-state index is 11.1. The van der Waals surface area contributed by atoms with Crippen molar-refractivity contribution < 1.29 is 14.7 Å². The van der Waals surface area contributed by atoms with E-state index in [0.29, 0.717) is 6.54 Å². The van der Waals surface area contributed by atoms with Crippen LogP contribution in [0.15, 0.2) is 58.7 Å². The SMILES string of the molecule is CC1=C(/C=C/C(C)=C/C=C/C(C)=C/CNC(CC(N)=O)C(=O)O)C(C)(C)CCC1. The number of primary amides is 1. The van der Waals surface area contributed by atoms with Crippen molar-refractivity contribution >= 4 is 11.9 Å². The summed E-state index contributed by atoms with van der Waals surface area (Å²) in [6.07, 6.45) is 15.8. The Balaban J connectivity index is 2.63. The second-order valence-electron chi connectivity index (χ2n) is 8.45. The number of carbonyl (C=O) groups is 2. The Morgan fingerprint density at radius 1 is 1.24 bits per heavy atom. The van der Waals surface area contributed by atoms with Gasteiger partial charge in [-0.3, -0.25) is 9.59 Å². The lowest BCUT2D eigenvalue weighted by molar-refractivity contribution is -0.141. The summed E-state index contributed by atoms with van der Waals surface area (Å²) in [5, 5.41) is 11.9. The molecule has 0 saturated heterocycles. The largest absolute Gasteiger partial charge is 0.480 e. The highest BCUT2D eigenvalue weighted by Crippen LogP contribution is 2.40. The molecule has 4 N–H and O–H groups in total. The predicted molar refractivity (Wildman–Crippen MR) is 119 cm³/mol. The van der Waals surface area contributed by atoms with Crippen LogP contribution in [-0.2, 0) is 9.59 Å². The maximum absolute atomic E-state index is 11.1. The molecule has 0 aromatic rings. The molecule has 1 unspecified atom stereocenters. The summed E-state index contributed by atoms with van der Waals surface area (Å²) in [6, 6.07) is -0.963. The first-order valence-electron chi connectivity index (χ1n) is 10.2. The number of rotatable bonds is 10. The van der Waals surface area contributed by atoms with E-state index in [1.165, 1.54) is 36.0 Å². The number of nitrogens with two attached hydrogens (primary N) is 1. The molecular weight excluding hydrogens is 364 g/mol. The fourth-order valence-electron chi connectivity index (χ4n) is 3.51. The summed E-state index contributed by atoms with van der Waals surface area (Å²) >= 11 is 0. The van der Waals surface area contributed by atoms with Gasteiger partial charge >= 0.3 is 5.97 Å². The molecule has 0 radical (unpaired) electrons. The lowest BCUT2D eigenvalue weighted by Crippen LogP contribution is -2.40. The summed E-state index contributed by atoms with van der Waals surface area (Å²) < 4.78 is 0. The lowest BCUT2D eigenvalue weighted by atomic mass is 9.72. The Morgan fingerprint density at radius 3 is 2.52 bits per heavy atom. The van der Waals surface area contributed by atoms with E-state index in [0.717, 1.165) is 5.57 Å². The molecule has 1 rings (SSSR count). The van der Waals surface area contributed by atoms with Crippen LogP contribution in [0, 0.1) is 5.41 Å². The Morgan fingerprint density at radius 2 is 1.93 bits per heavy atom. The third-order valence-electron chi connectivity index (χ3n) is 5.27. The normalized spacial score (nSPS) is 19.2. The first-order valence-corrected chi connectivity index (χ1v) is 10.2. The fraction of sp³-hybridized carbons (Fsp3) is 0.500. The highest BCUT2D eigenvalue weighted by molar-refractivity contribution is 5.83. The number of hydrogen-bond donors (Lipinski definition) is 3. The van der Waals surface area contributed by atoms with E-state index >= 15 is 0 Å². The van der Waals surface area contributed by atoms with Gasteiger partial charge in [0.1, 0.15) is 6.04 Å². The quantitative estimate of drug-likeness (QED) is 0.473. The number of amides is 1. The average Bonchev–Trinajstić information content (AvgIpc) is 2.59. The van der Waals surface area contributed by atoms with Crippen molar-refractivity contribution in [1.82, 2.24) is 5.32 Å². The van der Waals surface area contributed by atoms with E-state index < -0.39 is 17.9 Å². The van der Waals surface area contributed by atoms with Gasteiger partial charge in [0, 0.05) is 6.54 Å². The molecule has 29 heavy (non-hydrogen) atoms. The van der Waals surface area contributed by atoms with Crippen molar-refractivity contribution in [3.05, 3.63) is 58.7 Å². The number of aliphatic carboxylic acids is 1. The molecule has 0 bridgehead atoms. The van der Waals surface area contributed by atoms with Gasteiger partial charge in [0.25, 0.3) is 0 Å². The standard InChI is InChI=1S/C24H36N2O3/c1-17(11-12-20-19(3)10-7-14-24(20,4)5)8-6-9-18(2)13-15-26-21(23(28)29)16-22(25)27/h6,8-9,11-13,21,26H,7,10,14-16H2,1-5H3,(H2,25,27)(H,28,29)/b9-6+,12-11+,17-8+,18-13+. The van der Waals surface area contributed by atoms with Crippen molar-refractivity contribution in [2.75, 3.05) is 6.54 Å². The van der Waals surface area contributed by atoms with Gasteiger partial charge in [-0.1, -0.05) is 67.0 Å². The third-order valence-corrected chi connectivity index (χ3v) is 5.27. The molecule has 0 fully saturated rings. The molecule has 0 aromatic heterocycles. The van der Waals surface area contributed by atoms with Crippen molar-refractivity contribution in [1.29, 1.82) is 0 Å². The average molecular weight is 401 g/mol. The van der Waals surface area contributed by atoms with Crippen LogP contribution >= 0.6 is 0 Å². The summed E-state index contributed by atoms with van der Waals surface area (Å²) in [4.78, 5) is 22.0. The third kappa shape index (κ3) is 9.09. The summed E-state index contributed by atoms with van der Waals surface area (Å²) in [6.45, 7) is 11.2. The number of carboxylic acid groups (broad SMARTS) is 1. The molecule has 160 valence electrons. The Hall–Kier alpha value is -2.40. The van der Waals surface area contributed by atoms with Gasteiger partial charge < -0.3 is 16.2 Å². The first-order chi connectivity index (χ1) is 13.5. The topological polar surface area (TPSA) is 92.4 Å². The van der Waals surface area contributed by atoms with Crippen LogP contribution in [0.2, 0.25) is 0 Å². The van der Waals surface area contributed by atoms with Crippen molar-refractivity contribution in [2.45, 2.75) is 66.3 Å². The zero-order chi connectivity index (χ0) is 22.0. The molecule has 0 aliphatic heterocycles. The molecule has 5 heteroatoms. The summed E-state index contributed by atoms with van der Waals surface area (Å²) in [7, 11) is 0. The fourth-order valence-corrected chi connectivity index (χ4v) is 3.51. The highest BCUT2D eigenvalue weighted by Gasteiger charge is 2.26. The smallest absolute Gasteiger partial charge is 0.321 e. The van der Waals surface area contributed by atoms with Gasteiger partial charge in [0.2, 0.25) is 5.91 Å². The van der Waals surface area contributed by atoms with Crippen LogP contribution in [0.3, 0.4) is 0 Å². The van der Waals surface area contributed by atoms with E-state index in [4.69, 9.17) is 10.8 Å². The molecular formula is C24H36N2O3. The van der Waals surface area contributed by atoms with E-state index in [1.54, 1.807) is 0 Å². The number of hydrogen-bond acceptors (Lipinski definition) is 3. The van der Waals surface area contributed by atoms with E-state index in [-0.39, 0.29) is 11.8 Å². The molecule has 1 aliphatic carbocycles. The first kappa shape index (κ1) is 24.6. The number of carbonyl (C=O) groups excluding carboxylic acids is 1. The van der Waals surface area contributed by atoms with Crippen LogP contribution in [-0.4, -0.2) is 29.6 Å². The predicted octanol–water partition coefficient (Wildman–Crippen LogP) is 4.44. The second-order valence-corrected chi connectivity index (χ2v) is 8.45. The molecule has 0 spiro atoms. The molecule has 5 nitrogen and oxygen atoms in total. The van der Waals surface area contributed by atoms with Crippen molar-refractivity contribution in [3.8, 4) is 0 Å². The minimum absolute atomic E-state index is 0.223. The molecule has 0 aromatic carbocycles. The Kier molecular flexibility index (Phi) is 9.83. The Labute approximate surface area is 175 Å². The van der Waals surface area contributed by atoms with Gasteiger partial charge in [-0.05, 0) is 51.0 Å². The minimum atomic E-state index is -1.08. The minimum Gasteiger partial charge on any atom is -0.480 e. The monoisotopic (exact) mass is 400 g/mol. The van der Waals surface area contributed by atoms with Gasteiger partial charge in [0.15, 0.2) is 0 Å². The summed E-state index contributed by atoms with van der Waals surface area (Å²) in [5.74, 6) is -1.72. The second kappa shape index (κ2) is 11.6. The molecule has 1 aliphatic rings. The number of carboxylic acids is 1. The molecule has 1 amide bonds. The molecule has 0 heterocycles. The van der Waals surface area contributed by atoms with E-state index in [2.05, 4.69) is 51.2 Å². The van der Waals surface area contributed by atoms with Crippen LogP contribution < -0.4 is 11.1 Å². The Bertz CT molecular complexity index is 752. The van der Waals surface area contributed by atoms with E-state index in [1.807, 2.05) is 25.2 Å². The van der Waals surface area contributed by atoms with Crippen LogP contribution in [0.1, 0.15) is 60.3 Å². The van der Waals surface area contributed by atoms with Gasteiger partial charge in [-0.25, -0.2) is 0 Å². The van der Waals surface area contributed by atoms with Gasteiger partial charge in [-0.15, -0.1) is 0 Å².